The van der Waals surface area contributed by atoms with E-state index in [1.807, 2.05) is 30.3 Å². The van der Waals surface area contributed by atoms with Crippen LogP contribution in [0, 0.1) is 0 Å². The van der Waals surface area contributed by atoms with E-state index in [9.17, 15) is 9.59 Å². The van der Waals surface area contributed by atoms with Crippen molar-refractivity contribution in [1.82, 2.24) is 15.1 Å². The molecule has 21 heavy (non-hydrogen) atoms. The van der Waals surface area contributed by atoms with Crippen LogP contribution in [0.25, 0.3) is 0 Å². The lowest BCUT2D eigenvalue weighted by molar-refractivity contribution is 0.0933. The molecule has 0 unspecified atom stereocenters. The number of carbonyl (C=O) groups excluding carboxylic acids is 1. The van der Waals surface area contributed by atoms with Gasteiger partial charge in [-0.3, -0.25) is 9.59 Å². The molecule has 0 bridgehead atoms. The standard InChI is InChI=1S/C15H18N4O2/c1-11(9-16)17-15(21)13-7-8-14(20)19(18-13)10-12-5-3-2-4-6-12/h2-8,11H,9-10,16H2,1H3,(H,17,21)/t11-/m0/s1. The molecule has 0 saturated heterocycles. The molecule has 1 atom stereocenters. The summed E-state index contributed by atoms with van der Waals surface area (Å²) in [4.78, 5) is 23.8. The fourth-order valence-electron chi connectivity index (χ4n) is 1.80. The molecule has 110 valence electrons. The van der Waals surface area contributed by atoms with Gasteiger partial charge < -0.3 is 11.1 Å². The van der Waals surface area contributed by atoms with Gasteiger partial charge in [0.05, 0.1) is 6.54 Å². The molecular weight excluding hydrogens is 268 g/mol. The van der Waals surface area contributed by atoms with E-state index in [-0.39, 0.29) is 23.2 Å². The summed E-state index contributed by atoms with van der Waals surface area (Å²) in [7, 11) is 0. The van der Waals surface area contributed by atoms with Gasteiger partial charge in [0, 0.05) is 18.7 Å². The number of hydrogen-bond acceptors (Lipinski definition) is 4. The topological polar surface area (TPSA) is 90.0 Å². The normalized spacial score (nSPS) is 11.9. The van der Waals surface area contributed by atoms with E-state index in [4.69, 9.17) is 5.73 Å². The van der Waals surface area contributed by atoms with E-state index in [1.54, 1.807) is 6.92 Å². The zero-order valence-corrected chi connectivity index (χ0v) is 11.8. The van der Waals surface area contributed by atoms with Crippen molar-refractivity contribution in [3.63, 3.8) is 0 Å². The Morgan fingerprint density at radius 2 is 2.00 bits per heavy atom. The molecule has 0 radical (unpaired) electrons. The Hall–Kier alpha value is -2.47. The maximum absolute atomic E-state index is 12.0. The van der Waals surface area contributed by atoms with Crippen LogP contribution in [0.4, 0.5) is 0 Å². The van der Waals surface area contributed by atoms with E-state index < -0.39 is 0 Å². The first-order valence-electron chi connectivity index (χ1n) is 6.73. The zero-order valence-electron chi connectivity index (χ0n) is 11.8. The van der Waals surface area contributed by atoms with Gasteiger partial charge in [0.25, 0.3) is 11.5 Å². The summed E-state index contributed by atoms with van der Waals surface area (Å²) in [5.41, 5.74) is 6.36. The molecule has 6 heteroatoms. The van der Waals surface area contributed by atoms with Gasteiger partial charge in [-0.05, 0) is 18.6 Å². The SMILES string of the molecule is C[C@@H](CN)NC(=O)c1ccc(=O)n(Cc2ccccc2)n1. The van der Waals surface area contributed by atoms with E-state index in [1.165, 1.54) is 16.8 Å². The van der Waals surface area contributed by atoms with Crippen LogP contribution in [0.2, 0.25) is 0 Å². The van der Waals surface area contributed by atoms with Crippen molar-refractivity contribution in [2.75, 3.05) is 6.54 Å². The van der Waals surface area contributed by atoms with Crippen molar-refractivity contribution < 1.29 is 4.79 Å². The van der Waals surface area contributed by atoms with Crippen LogP contribution in [0.5, 0.6) is 0 Å². The van der Waals surface area contributed by atoms with Gasteiger partial charge in [-0.25, -0.2) is 4.68 Å². The van der Waals surface area contributed by atoms with E-state index >= 15 is 0 Å². The Balaban J connectivity index is 2.21. The molecule has 2 aromatic rings. The monoisotopic (exact) mass is 286 g/mol. The Kier molecular flexibility index (Phi) is 4.84. The highest BCUT2D eigenvalue weighted by Crippen LogP contribution is 2.00. The number of carbonyl (C=O) groups is 1. The van der Waals surface area contributed by atoms with Crippen LogP contribution in [0.15, 0.2) is 47.3 Å². The lowest BCUT2D eigenvalue weighted by atomic mass is 10.2. The first-order chi connectivity index (χ1) is 10.1. The van der Waals surface area contributed by atoms with E-state index in [0.29, 0.717) is 13.1 Å². The average Bonchev–Trinajstić information content (AvgIpc) is 2.50. The maximum atomic E-state index is 12.0. The largest absolute Gasteiger partial charge is 0.347 e. The van der Waals surface area contributed by atoms with Gasteiger partial charge in [0.2, 0.25) is 0 Å². The maximum Gasteiger partial charge on any atom is 0.271 e. The second-order valence-electron chi connectivity index (χ2n) is 4.81. The number of amides is 1. The molecule has 1 aromatic heterocycles. The lowest BCUT2D eigenvalue weighted by Crippen LogP contribution is -2.39. The highest BCUT2D eigenvalue weighted by Gasteiger charge is 2.11. The van der Waals surface area contributed by atoms with Crippen molar-refractivity contribution in [3.05, 3.63) is 64.1 Å². The molecule has 6 nitrogen and oxygen atoms in total. The predicted octanol–water partition coefficient (Wildman–Crippen LogP) is 0.369. The van der Waals surface area contributed by atoms with Crippen molar-refractivity contribution >= 4 is 5.91 Å². The molecule has 0 aliphatic rings. The summed E-state index contributed by atoms with van der Waals surface area (Å²) in [5.74, 6) is -0.338. The minimum Gasteiger partial charge on any atom is -0.347 e. The van der Waals surface area contributed by atoms with E-state index in [2.05, 4.69) is 10.4 Å². The van der Waals surface area contributed by atoms with Crippen molar-refractivity contribution in [2.24, 2.45) is 5.73 Å². The fourth-order valence-corrected chi connectivity index (χ4v) is 1.80. The summed E-state index contributed by atoms with van der Waals surface area (Å²) < 4.78 is 1.28. The minimum atomic E-state index is -0.338. The van der Waals surface area contributed by atoms with Crippen LogP contribution in [0.1, 0.15) is 23.0 Å². The van der Waals surface area contributed by atoms with Crippen LogP contribution in [-0.2, 0) is 6.54 Å². The zero-order chi connectivity index (χ0) is 15.2. The number of nitrogens with two attached hydrogens (primary N) is 1. The molecule has 0 fully saturated rings. The van der Waals surface area contributed by atoms with Gasteiger partial charge in [-0.15, -0.1) is 0 Å². The molecule has 0 aliphatic heterocycles. The number of rotatable bonds is 5. The number of benzene rings is 1. The Labute approximate surface area is 122 Å². The molecule has 3 N–H and O–H groups in total. The number of nitrogens with one attached hydrogen (secondary N) is 1. The Morgan fingerprint density at radius 3 is 2.67 bits per heavy atom. The van der Waals surface area contributed by atoms with Crippen molar-refractivity contribution in [2.45, 2.75) is 19.5 Å². The van der Waals surface area contributed by atoms with Crippen LogP contribution < -0.4 is 16.6 Å². The van der Waals surface area contributed by atoms with Crippen LogP contribution >= 0.6 is 0 Å². The molecule has 1 aromatic carbocycles. The highest BCUT2D eigenvalue weighted by atomic mass is 16.2. The highest BCUT2D eigenvalue weighted by molar-refractivity contribution is 5.92. The molecule has 1 heterocycles. The van der Waals surface area contributed by atoms with Crippen molar-refractivity contribution in [3.8, 4) is 0 Å². The summed E-state index contributed by atoms with van der Waals surface area (Å²) in [6, 6.07) is 12.1. The average molecular weight is 286 g/mol. The first kappa shape index (κ1) is 14.9. The smallest absolute Gasteiger partial charge is 0.271 e. The third-order valence-corrected chi connectivity index (χ3v) is 3.01. The van der Waals surface area contributed by atoms with Gasteiger partial charge in [0.1, 0.15) is 5.69 Å². The first-order valence-corrected chi connectivity index (χ1v) is 6.73. The number of hydrogen-bond donors (Lipinski definition) is 2. The van der Waals surface area contributed by atoms with Gasteiger partial charge in [0.15, 0.2) is 0 Å². The molecule has 1 amide bonds. The van der Waals surface area contributed by atoms with Gasteiger partial charge >= 0.3 is 0 Å². The summed E-state index contributed by atoms with van der Waals surface area (Å²) >= 11 is 0. The van der Waals surface area contributed by atoms with E-state index in [0.717, 1.165) is 5.56 Å². The summed E-state index contributed by atoms with van der Waals surface area (Å²) in [5, 5.41) is 6.82. The second kappa shape index (κ2) is 6.81. The second-order valence-corrected chi connectivity index (χ2v) is 4.81. The Morgan fingerprint density at radius 1 is 1.29 bits per heavy atom. The van der Waals surface area contributed by atoms with Gasteiger partial charge in [-0.1, -0.05) is 30.3 Å². The lowest BCUT2D eigenvalue weighted by Gasteiger charge is -2.11. The fraction of sp³-hybridized carbons (Fsp3) is 0.267. The van der Waals surface area contributed by atoms with Crippen LogP contribution in [0.3, 0.4) is 0 Å². The van der Waals surface area contributed by atoms with Crippen LogP contribution in [-0.4, -0.2) is 28.3 Å². The summed E-state index contributed by atoms with van der Waals surface area (Å²) in [6.45, 7) is 2.47. The molecule has 0 saturated carbocycles. The molecular formula is C15H18N4O2. The van der Waals surface area contributed by atoms with Gasteiger partial charge in [-0.2, -0.15) is 5.10 Å². The molecule has 2 rings (SSSR count). The molecule has 0 aliphatic carbocycles. The minimum absolute atomic E-state index is 0.145. The number of nitrogens with zero attached hydrogens (tertiary/aromatic N) is 2. The predicted molar refractivity (Wildman–Crippen MR) is 80.0 cm³/mol. The third kappa shape index (κ3) is 4.00. The molecule has 0 spiro atoms. The number of aromatic nitrogens is 2. The summed E-state index contributed by atoms with van der Waals surface area (Å²) in [6.07, 6.45) is 0. The third-order valence-electron chi connectivity index (χ3n) is 3.01. The Bertz CT molecular complexity index is 667. The quantitative estimate of drug-likeness (QED) is 0.831. The van der Waals surface area contributed by atoms with Crippen molar-refractivity contribution in [1.29, 1.82) is 0 Å².